The lowest BCUT2D eigenvalue weighted by Crippen LogP contribution is -2.27. The number of hydrogen-bond donors (Lipinski definition) is 0. The van der Waals surface area contributed by atoms with Gasteiger partial charge in [-0.3, -0.25) is 4.79 Å². The van der Waals surface area contributed by atoms with Crippen molar-refractivity contribution in [2.45, 2.75) is 40.7 Å². The van der Waals surface area contributed by atoms with Gasteiger partial charge in [-0.1, -0.05) is 20.8 Å². The van der Waals surface area contributed by atoms with Crippen molar-refractivity contribution in [3.63, 3.8) is 0 Å². The highest BCUT2D eigenvalue weighted by Crippen LogP contribution is 2.18. The Hall–Kier alpha value is -0.740. The van der Waals surface area contributed by atoms with Crippen LogP contribution in [0.2, 0.25) is 0 Å². The molecule has 0 saturated carbocycles. The van der Waals surface area contributed by atoms with Crippen LogP contribution in [0.25, 0.3) is 0 Å². The summed E-state index contributed by atoms with van der Waals surface area (Å²) in [6.07, 6.45) is 0.623. The van der Waals surface area contributed by atoms with Gasteiger partial charge in [0.05, 0.1) is 11.2 Å². The lowest BCUT2D eigenvalue weighted by atomic mass is 9.89. The van der Waals surface area contributed by atoms with Crippen LogP contribution in [-0.2, 0) is 11.3 Å². The Morgan fingerprint density at radius 3 is 2.59 bits per heavy atom. The normalized spacial score (nSPS) is 12.1. The van der Waals surface area contributed by atoms with Crippen molar-refractivity contribution in [1.29, 1.82) is 0 Å². The fourth-order valence-corrected chi connectivity index (χ4v) is 2.33. The maximum Gasteiger partial charge on any atom is 0.139 e. The summed E-state index contributed by atoms with van der Waals surface area (Å²) < 4.78 is 0. The minimum atomic E-state index is -0.221. The zero-order valence-electron chi connectivity index (χ0n) is 11.4. The van der Waals surface area contributed by atoms with E-state index < -0.39 is 0 Å². The van der Waals surface area contributed by atoms with Gasteiger partial charge in [-0.05, 0) is 14.0 Å². The molecule has 0 aromatic carbocycles. The predicted octanol–water partition coefficient (Wildman–Crippen LogP) is 2.89. The first-order chi connectivity index (χ1) is 7.80. The third-order valence-electron chi connectivity index (χ3n) is 2.82. The number of carbonyl (C=O) groups excluding carboxylic acids is 1. The maximum absolute atomic E-state index is 11.8. The van der Waals surface area contributed by atoms with Crippen LogP contribution >= 0.6 is 11.3 Å². The van der Waals surface area contributed by atoms with Crippen LogP contribution in [0, 0.1) is 12.3 Å². The van der Waals surface area contributed by atoms with E-state index in [1.54, 1.807) is 11.3 Å². The van der Waals surface area contributed by atoms with Gasteiger partial charge in [-0.25, -0.2) is 4.98 Å². The summed E-state index contributed by atoms with van der Waals surface area (Å²) in [6.45, 7) is 9.65. The lowest BCUT2D eigenvalue weighted by Gasteiger charge is -2.20. The molecule has 17 heavy (non-hydrogen) atoms. The quantitative estimate of drug-likeness (QED) is 0.810. The van der Waals surface area contributed by atoms with Gasteiger partial charge in [0.25, 0.3) is 0 Å². The molecule has 0 amide bonds. The number of nitrogens with zero attached hydrogens (tertiary/aromatic N) is 2. The van der Waals surface area contributed by atoms with Gasteiger partial charge in [-0.2, -0.15) is 0 Å². The molecule has 96 valence electrons. The largest absolute Gasteiger partial charge is 0.301 e. The van der Waals surface area contributed by atoms with Crippen LogP contribution < -0.4 is 0 Å². The Morgan fingerprint density at radius 1 is 1.47 bits per heavy atom. The second kappa shape index (κ2) is 5.74. The highest BCUT2D eigenvalue weighted by molar-refractivity contribution is 7.09. The molecule has 0 N–H and O–H groups in total. The first kappa shape index (κ1) is 14.3. The van der Waals surface area contributed by atoms with E-state index in [-0.39, 0.29) is 5.41 Å². The first-order valence-electron chi connectivity index (χ1n) is 5.91. The Kier molecular flexibility index (Phi) is 4.83. The molecule has 1 aromatic rings. The zero-order chi connectivity index (χ0) is 13.1. The summed E-state index contributed by atoms with van der Waals surface area (Å²) in [5.41, 5.74) is 2.75. The van der Waals surface area contributed by atoms with Crippen molar-refractivity contribution < 1.29 is 4.79 Å². The average molecular weight is 254 g/mol. The van der Waals surface area contributed by atoms with E-state index in [2.05, 4.69) is 16.9 Å². The second-order valence-electron chi connectivity index (χ2n) is 5.52. The van der Waals surface area contributed by atoms with Gasteiger partial charge in [-0.15, -0.1) is 11.3 Å². The van der Waals surface area contributed by atoms with E-state index >= 15 is 0 Å². The van der Waals surface area contributed by atoms with Gasteiger partial charge in [0, 0.05) is 29.8 Å². The molecule has 0 bridgehead atoms. The molecule has 0 spiro atoms. The van der Waals surface area contributed by atoms with E-state index in [1.165, 1.54) is 4.88 Å². The van der Waals surface area contributed by atoms with E-state index in [9.17, 15) is 4.79 Å². The molecule has 0 atom stereocenters. The summed E-state index contributed by atoms with van der Waals surface area (Å²) in [5.74, 6) is 0.324. The van der Waals surface area contributed by atoms with Crippen LogP contribution in [0.5, 0.6) is 0 Å². The molecule has 1 rings (SSSR count). The van der Waals surface area contributed by atoms with E-state index in [4.69, 9.17) is 0 Å². The summed E-state index contributed by atoms with van der Waals surface area (Å²) in [5, 5.41) is 0. The predicted molar refractivity (Wildman–Crippen MR) is 72.3 cm³/mol. The number of carbonyl (C=O) groups is 1. The van der Waals surface area contributed by atoms with Gasteiger partial charge in [0.2, 0.25) is 0 Å². The SMILES string of the molecule is Cc1ncsc1CN(C)CCC(=O)C(C)(C)C. The molecule has 3 nitrogen and oxygen atoms in total. The second-order valence-corrected chi connectivity index (χ2v) is 6.46. The Bertz CT molecular complexity index is 379. The maximum atomic E-state index is 11.8. The standard InChI is InChI=1S/C13H22N2OS/c1-10-11(17-9-14-10)8-15(5)7-6-12(16)13(2,3)4/h9H,6-8H2,1-5H3. The summed E-state index contributed by atoms with van der Waals surface area (Å²) >= 11 is 1.68. The van der Waals surface area contributed by atoms with Crippen molar-refractivity contribution in [2.75, 3.05) is 13.6 Å². The Labute approximate surface area is 108 Å². The van der Waals surface area contributed by atoms with Crippen molar-refractivity contribution >= 4 is 17.1 Å². The van der Waals surface area contributed by atoms with Gasteiger partial charge >= 0.3 is 0 Å². The number of Topliss-reactive ketones (excluding diaryl/α,β-unsaturated/α-hetero) is 1. The van der Waals surface area contributed by atoms with Crippen LogP contribution in [0.3, 0.4) is 0 Å². The molecule has 0 saturated heterocycles. The number of rotatable bonds is 5. The highest BCUT2D eigenvalue weighted by atomic mass is 32.1. The molecule has 0 aliphatic heterocycles. The molecule has 0 unspecified atom stereocenters. The van der Waals surface area contributed by atoms with Crippen LogP contribution in [-0.4, -0.2) is 29.3 Å². The molecule has 0 radical (unpaired) electrons. The smallest absolute Gasteiger partial charge is 0.139 e. The first-order valence-corrected chi connectivity index (χ1v) is 6.79. The minimum absolute atomic E-state index is 0.221. The monoisotopic (exact) mass is 254 g/mol. The van der Waals surface area contributed by atoms with Gasteiger partial charge in [0.15, 0.2) is 0 Å². The van der Waals surface area contributed by atoms with Crippen LogP contribution in [0.1, 0.15) is 37.8 Å². The van der Waals surface area contributed by atoms with Crippen molar-refractivity contribution in [2.24, 2.45) is 5.41 Å². The number of aromatic nitrogens is 1. The number of thiazole rings is 1. The molecule has 0 aliphatic carbocycles. The van der Waals surface area contributed by atoms with Crippen molar-refractivity contribution in [1.82, 2.24) is 9.88 Å². The third kappa shape index (κ3) is 4.56. The summed E-state index contributed by atoms with van der Waals surface area (Å²) in [6, 6.07) is 0. The molecular formula is C13H22N2OS. The fraction of sp³-hybridized carbons (Fsp3) is 0.692. The Morgan fingerprint density at radius 2 is 2.12 bits per heavy atom. The highest BCUT2D eigenvalue weighted by Gasteiger charge is 2.21. The average Bonchev–Trinajstić information content (AvgIpc) is 2.59. The lowest BCUT2D eigenvalue weighted by molar-refractivity contribution is -0.126. The number of hydrogen-bond acceptors (Lipinski definition) is 4. The number of ketones is 1. The van der Waals surface area contributed by atoms with E-state index in [0.717, 1.165) is 18.8 Å². The minimum Gasteiger partial charge on any atom is -0.301 e. The molecule has 0 aliphatic rings. The topological polar surface area (TPSA) is 33.2 Å². The molecule has 1 heterocycles. The Balaban J connectivity index is 2.39. The van der Waals surface area contributed by atoms with Crippen LogP contribution in [0.15, 0.2) is 5.51 Å². The molecular weight excluding hydrogens is 232 g/mol. The third-order valence-corrected chi connectivity index (χ3v) is 3.74. The summed E-state index contributed by atoms with van der Waals surface area (Å²) in [7, 11) is 2.05. The van der Waals surface area contributed by atoms with Gasteiger partial charge < -0.3 is 4.90 Å². The number of aryl methyl sites for hydroxylation is 1. The van der Waals surface area contributed by atoms with Crippen LogP contribution in [0.4, 0.5) is 0 Å². The fourth-order valence-electron chi connectivity index (χ4n) is 1.47. The van der Waals surface area contributed by atoms with Gasteiger partial charge in [0.1, 0.15) is 5.78 Å². The van der Waals surface area contributed by atoms with Crippen molar-refractivity contribution in [3.8, 4) is 0 Å². The molecule has 4 heteroatoms. The van der Waals surface area contributed by atoms with E-state index in [0.29, 0.717) is 12.2 Å². The van der Waals surface area contributed by atoms with E-state index in [1.807, 2.05) is 33.2 Å². The molecule has 0 fully saturated rings. The summed E-state index contributed by atoms with van der Waals surface area (Å²) in [4.78, 5) is 19.5. The van der Waals surface area contributed by atoms with Crippen molar-refractivity contribution in [3.05, 3.63) is 16.1 Å². The zero-order valence-corrected chi connectivity index (χ0v) is 12.2. The molecule has 1 aromatic heterocycles.